The molecule has 2 aromatic carbocycles. The van der Waals surface area contributed by atoms with Gasteiger partial charge in [0.15, 0.2) is 0 Å². The maximum Gasteiger partial charge on any atom is 0.336 e. The maximum absolute atomic E-state index is 10.9. The zero-order valence-corrected chi connectivity index (χ0v) is 9.40. The van der Waals surface area contributed by atoms with E-state index in [-0.39, 0.29) is 23.5 Å². The van der Waals surface area contributed by atoms with Crippen LogP contribution in [0.5, 0.6) is 0 Å². The van der Waals surface area contributed by atoms with Crippen LogP contribution >= 0.6 is 12.4 Å². The van der Waals surface area contributed by atoms with Crippen LogP contribution < -0.4 is 0 Å². The normalized spacial score (nSPS) is 9.65. The molecule has 88 valence electrons. The monoisotopic (exact) mass is 252 g/mol. The zero-order chi connectivity index (χ0) is 11.7. The summed E-state index contributed by atoms with van der Waals surface area (Å²) in [7, 11) is 0. The Bertz CT molecular complexity index is 539. The quantitative estimate of drug-likeness (QED) is 0.862. The number of carbonyl (C=O) groups is 2. The first-order chi connectivity index (χ1) is 7.61. The SMILES string of the molecule is Cl.O=C(O)c1cccc2c(C(=O)O)cccc12. The minimum absolute atomic E-state index is 0. The van der Waals surface area contributed by atoms with Crippen LogP contribution in [0.15, 0.2) is 36.4 Å². The van der Waals surface area contributed by atoms with Gasteiger partial charge in [-0.05, 0) is 22.9 Å². The molecule has 0 saturated carbocycles. The van der Waals surface area contributed by atoms with Gasteiger partial charge in [0, 0.05) is 0 Å². The van der Waals surface area contributed by atoms with Gasteiger partial charge in [0.2, 0.25) is 0 Å². The van der Waals surface area contributed by atoms with Crippen molar-refractivity contribution in [3.8, 4) is 0 Å². The summed E-state index contributed by atoms with van der Waals surface area (Å²) in [5.74, 6) is -2.12. The lowest BCUT2D eigenvalue weighted by atomic mass is 10.0. The van der Waals surface area contributed by atoms with Crippen LogP contribution in [0.25, 0.3) is 10.8 Å². The molecule has 0 spiro atoms. The van der Waals surface area contributed by atoms with Gasteiger partial charge in [-0.25, -0.2) is 9.59 Å². The van der Waals surface area contributed by atoms with E-state index in [0.29, 0.717) is 10.8 Å². The molecule has 0 saturated heterocycles. The molecule has 2 aromatic rings. The first-order valence-corrected chi connectivity index (χ1v) is 4.59. The molecular formula is C12H9ClO4. The predicted octanol–water partition coefficient (Wildman–Crippen LogP) is 2.66. The fourth-order valence-electron chi connectivity index (χ4n) is 1.68. The topological polar surface area (TPSA) is 74.6 Å². The van der Waals surface area contributed by atoms with Crippen LogP contribution in [0.3, 0.4) is 0 Å². The Balaban J connectivity index is 0.00000144. The van der Waals surface area contributed by atoms with Gasteiger partial charge >= 0.3 is 11.9 Å². The van der Waals surface area contributed by atoms with E-state index in [1.54, 1.807) is 12.1 Å². The third-order valence-corrected chi connectivity index (χ3v) is 2.38. The van der Waals surface area contributed by atoms with Crippen molar-refractivity contribution >= 4 is 35.1 Å². The Morgan fingerprint density at radius 1 is 0.765 bits per heavy atom. The third kappa shape index (κ3) is 2.21. The van der Waals surface area contributed by atoms with Gasteiger partial charge in [-0.1, -0.05) is 24.3 Å². The Hall–Kier alpha value is -2.07. The van der Waals surface area contributed by atoms with Crippen LogP contribution in [-0.4, -0.2) is 22.2 Å². The largest absolute Gasteiger partial charge is 0.478 e. The molecular weight excluding hydrogens is 244 g/mol. The first-order valence-electron chi connectivity index (χ1n) is 4.59. The second kappa shape index (κ2) is 4.84. The minimum atomic E-state index is -1.06. The van der Waals surface area contributed by atoms with Crippen molar-refractivity contribution < 1.29 is 19.8 Å². The highest BCUT2D eigenvalue weighted by molar-refractivity contribution is 6.10. The molecule has 4 nitrogen and oxygen atoms in total. The number of aromatic carboxylic acids is 2. The summed E-state index contributed by atoms with van der Waals surface area (Å²) in [5, 5.41) is 18.8. The zero-order valence-electron chi connectivity index (χ0n) is 8.58. The van der Waals surface area contributed by atoms with Gasteiger partial charge in [0.05, 0.1) is 11.1 Å². The highest BCUT2D eigenvalue weighted by Crippen LogP contribution is 2.22. The van der Waals surface area contributed by atoms with Crippen molar-refractivity contribution in [2.75, 3.05) is 0 Å². The van der Waals surface area contributed by atoms with Crippen molar-refractivity contribution in [3.63, 3.8) is 0 Å². The van der Waals surface area contributed by atoms with Crippen LogP contribution in [0.2, 0.25) is 0 Å². The third-order valence-electron chi connectivity index (χ3n) is 2.38. The van der Waals surface area contributed by atoms with Gasteiger partial charge in [-0.3, -0.25) is 0 Å². The Kier molecular flexibility index (Phi) is 3.70. The van der Waals surface area contributed by atoms with Gasteiger partial charge in [0.25, 0.3) is 0 Å². The molecule has 2 rings (SSSR count). The van der Waals surface area contributed by atoms with E-state index in [4.69, 9.17) is 10.2 Å². The van der Waals surface area contributed by atoms with Crippen LogP contribution in [0.1, 0.15) is 20.7 Å². The molecule has 0 amide bonds. The Morgan fingerprint density at radius 2 is 1.12 bits per heavy atom. The fraction of sp³-hybridized carbons (Fsp3) is 0. The number of rotatable bonds is 2. The lowest BCUT2D eigenvalue weighted by Crippen LogP contribution is -2.01. The average Bonchev–Trinajstić information content (AvgIpc) is 2.27. The van der Waals surface area contributed by atoms with Crippen LogP contribution in [0.4, 0.5) is 0 Å². The Morgan fingerprint density at radius 3 is 1.41 bits per heavy atom. The highest BCUT2D eigenvalue weighted by atomic mass is 35.5. The number of carboxylic acid groups (broad SMARTS) is 2. The van der Waals surface area contributed by atoms with Crippen molar-refractivity contribution in [3.05, 3.63) is 47.5 Å². The lowest BCUT2D eigenvalue weighted by molar-refractivity contribution is 0.0686. The molecule has 2 N–H and O–H groups in total. The molecule has 0 fully saturated rings. The molecule has 0 unspecified atom stereocenters. The van der Waals surface area contributed by atoms with Crippen molar-refractivity contribution in [2.45, 2.75) is 0 Å². The smallest absolute Gasteiger partial charge is 0.336 e. The van der Waals surface area contributed by atoms with Gasteiger partial charge in [0.1, 0.15) is 0 Å². The van der Waals surface area contributed by atoms with Gasteiger partial charge < -0.3 is 10.2 Å². The molecule has 0 aliphatic heterocycles. The van der Waals surface area contributed by atoms with Crippen molar-refractivity contribution in [1.29, 1.82) is 0 Å². The minimum Gasteiger partial charge on any atom is -0.478 e. The number of fused-ring (bicyclic) bond motifs is 1. The predicted molar refractivity (Wildman–Crippen MR) is 65.1 cm³/mol. The number of hydrogen-bond acceptors (Lipinski definition) is 2. The van der Waals surface area contributed by atoms with E-state index in [1.807, 2.05) is 0 Å². The van der Waals surface area contributed by atoms with E-state index < -0.39 is 11.9 Å². The van der Waals surface area contributed by atoms with Crippen LogP contribution in [-0.2, 0) is 0 Å². The van der Waals surface area contributed by atoms with Crippen molar-refractivity contribution in [1.82, 2.24) is 0 Å². The molecule has 0 atom stereocenters. The van der Waals surface area contributed by atoms with E-state index in [9.17, 15) is 9.59 Å². The first kappa shape index (κ1) is 13.0. The molecule has 0 aromatic heterocycles. The highest BCUT2D eigenvalue weighted by Gasteiger charge is 2.12. The summed E-state index contributed by atoms with van der Waals surface area (Å²) in [5.41, 5.74) is 0.223. The number of carboxylic acids is 2. The molecule has 0 bridgehead atoms. The summed E-state index contributed by atoms with van der Waals surface area (Å²) in [6, 6.07) is 9.19. The lowest BCUT2D eigenvalue weighted by Gasteiger charge is -2.04. The molecule has 5 heteroatoms. The van der Waals surface area contributed by atoms with E-state index in [0.717, 1.165) is 0 Å². The molecule has 0 radical (unpaired) electrons. The molecule has 0 heterocycles. The van der Waals surface area contributed by atoms with Gasteiger partial charge in [-0.15, -0.1) is 12.4 Å². The molecule has 17 heavy (non-hydrogen) atoms. The van der Waals surface area contributed by atoms with Crippen molar-refractivity contribution in [2.24, 2.45) is 0 Å². The second-order valence-electron chi connectivity index (χ2n) is 3.32. The summed E-state index contributed by atoms with van der Waals surface area (Å²) in [6.45, 7) is 0. The fourth-order valence-corrected chi connectivity index (χ4v) is 1.68. The number of hydrogen-bond donors (Lipinski definition) is 2. The second-order valence-corrected chi connectivity index (χ2v) is 3.32. The van der Waals surface area contributed by atoms with E-state index >= 15 is 0 Å². The summed E-state index contributed by atoms with van der Waals surface area (Å²) >= 11 is 0. The standard InChI is InChI=1S/C12H8O4.ClH/c13-11(14)9-5-1-3-7-8(9)4-2-6-10(7)12(15)16;/h1-6H,(H,13,14)(H,15,16);1H. The summed E-state index contributed by atoms with van der Waals surface area (Å²) in [6.07, 6.45) is 0. The summed E-state index contributed by atoms with van der Waals surface area (Å²) in [4.78, 5) is 21.9. The van der Waals surface area contributed by atoms with E-state index in [2.05, 4.69) is 0 Å². The van der Waals surface area contributed by atoms with Crippen LogP contribution in [0, 0.1) is 0 Å². The average molecular weight is 253 g/mol. The number of benzene rings is 2. The summed E-state index contributed by atoms with van der Waals surface area (Å²) < 4.78 is 0. The number of halogens is 1. The molecule has 0 aliphatic carbocycles. The maximum atomic E-state index is 10.9. The Labute approximate surface area is 103 Å². The van der Waals surface area contributed by atoms with Gasteiger partial charge in [-0.2, -0.15) is 0 Å². The van der Waals surface area contributed by atoms with E-state index in [1.165, 1.54) is 24.3 Å². The molecule has 0 aliphatic rings.